The number of carbonyl (C=O) groups is 1. The number of nitrogens with zero attached hydrogens (tertiary/aromatic N) is 2. The van der Waals surface area contributed by atoms with E-state index in [-0.39, 0.29) is 5.91 Å². The molecule has 3 rings (SSSR count). The van der Waals surface area contributed by atoms with Crippen molar-refractivity contribution in [3.8, 4) is 0 Å². The lowest BCUT2D eigenvalue weighted by atomic mass is 9.87. The maximum absolute atomic E-state index is 12.6. The molecule has 4 nitrogen and oxygen atoms in total. The predicted molar refractivity (Wildman–Crippen MR) is 76.5 cm³/mol. The van der Waals surface area contributed by atoms with Gasteiger partial charge in [0.25, 0.3) is 5.91 Å². The SMILES string of the molecule is CC1(O)CCN(C(=O)c2ccccn2)c2ccccc21. The minimum Gasteiger partial charge on any atom is -0.385 e. The molecular formula is C16H16N2O2. The van der Waals surface area contributed by atoms with Crippen LogP contribution in [0.3, 0.4) is 0 Å². The molecule has 1 aliphatic rings. The summed E-state index contributed by atoms with van der Waals surface area (Å²) in [6, 6.07) is 12.8. The minimum absolute atomic E-state index is 0.131. The fourth-order valence-corrected chi connectivity index (χ4v) is 2.59. The Morgan fingerprint density at radius 3 is 2.75 bits per heavy atom. The molecule has 0 saturated heterocycles. The van der Waals surface area contributed by atoms with Crippen LogP contribution in [0.25, 0.3) is 0 Å². The van der Waals surface area contributed by atoms with Gasteiger partial charge in [-0.05, 0) is 31.5 Å². The van der Waals surface area contributed by atoms with E-state index < -0.39 is 5.60 Å². The molecule has 20 heavy (non-hydrogen) atoms. The third-order valence-corrected chi connectivity index (χ3v) is 3.73. The smallest absolute Gasteiger partial charge is 0.276 e. The molecule has 1 N–H and O–H groups in total. The van der Waals surface area contributed by atoms with Crippen LogP contribution < -0.4 is 4.90 Å². The Hall–Kier alpha value is -2.20. The second-order valence-electron chi connectivity index (χ2n) is 5.21. The van der Waals surface area contributed by atoms with Crippen molar-refractivity contribution in [2.75, 3.05) is 11.4 Å². The van der Waals surface area contributed by atoms with Gasteiger partial charge in [-0.25, -0.2) is 0 Å². The van der Waals surface area contributed by atoms with Crippen molar-refractivity contribution >= 4 is 11.6 Å². The van der Waals surface area contributed by atoms with Crippen molar-refractivity contribution in [2.45, 2.75) is 18.9 Å². The molecule has 0 bridgehead atoms. The summed E-state index contributed by atoms with van der Waals surface area (Å²) < 4.78 is 0. The molecule has 1 unspecified atom stereocenters. The zero-order valence-electron chi connectivity index (χ0n) is 11.3. The minimum atomic E-state index is -0.891. The van der Waals surface area contributed by atoms with Gasteiger partial charge in [0.05, 0.1) is 11.3 Å². The van der Waals surface area contributed by atoms with E-state index in [1.807, 2.05) is 24.3 Å². The Bertz CT molecular complexity index is 638. The van der Waals surface area contributed by atoms with Gasteiger partial charge in [-0.2, -0.15) is 0 Å². The second kappa shape index (κ2) is 4.72. The van der Waals surface area contributed by atoms with E-state index >= 15 is 0 Å². The van der Waals surface area contributed by atoms with Crippen LogP contribution in [-0.4, -0.2) is 22.5 Å². The van der Waals surface area contributed by atoms with E-state index in [4.69, 9.17) is 0 Å². The first kappa shape index (κ1) is 12.8. The van der Waals surface area contributed by atoms with Gasteiger partial charge in [0.2, 0.25) is 0 Å². The molecule has 102 valence electrons. The molecule has 0 fully saturated rings. The molecule has 2 aromatic rings. The van der Waals surface area contributed by atoms with E-state index in [0.29, 0.717) is 18.7 Å². The molecule has 1 aliphatic heterocycles. The summed E-state index contributed by atoms with van der Waals surface area (Å²) in [4.78, 5) is 18.4. The average Bonchev–Trinajstić information content (AvgIpc) is 2.48. The van der Waals surface area contributed by atoms with Crippen LogP contribution >= 0.6 is 0 Å². The lowest BCUT2D eigenvalue weighted by molar-refractivity contribution is 0.0450. The molecule has 0 saturated carbocycles. The van der Waals surface area contributed by atoms with E-state index in [1.54, 1.807) is 36.2 Å². The summed E-state index contributed by atoms with van der Waals surface area (Å²) in [5.41, 5.74) is 1.08. The van der Waals surface area contributed by atoms with Gasteiger partial charge in [0.15, 0.2) is 0 Å². The van der Waals surface area contributed by atoms with Crippen molar-refractivity contribution in [1.29, 1.82) is 0 Å². The van der Waals surface area contributed by atoms with Crippen LogP contribution in [0.1, 0.15) is 29.4 Å². The summed E-state index contributed by atoms with van der Waals surface area (Å²) in [6.07, 6.45) is 2.13. The number of benzene rings is 1. The molecule has 1 aromatic heterocycles. The van der Waals surface area contributed by atoms with E-state index in [1.165, 1.54) is 0 Å². The van der Waals surface area contributed by atoms with Crippen LogP contribution in [0.5, 0.6) is 0 Å². The standard InChI is InChI=1S/C16H16N2O2/c1-16(20)9-11-18(14-8-3-2-6-12(14)16)15(19)13-7-4-5-10-17-13/h2-8,10,20H,9,11H2,1H3. The van der Waals surface area contributed by atoms with Gasteiger partial charge in [0, 0.05) is 18.3 Å². The van der Waals surface area contributed by atoms with Gasteiger partial charge in [-0.15, -0.1) is 0 Å². The number of fused-ring (bicyclic) bond motifs is 1. The Balaban J connectivity index is 2.03. The van der Waals surface area contributed by atoms with E-state index in [0.717, 1.165) is 11.3 Å². The summed E-state index contributed by atoms with van der Waals surface area (Å²) in [5.74, 6) is -0.131. The highest BCUT2D eigenvalue weighted by molar-refractivity contribution is 6.05. The molecule has 1 atom stereocenters. The number of amides is 1. The van der Waals surface area contributed by atoms with E-state index in [9.17, 15) is 9.90 Å². The first-order valence-electron chi connectivity index (χ1n) is 6.64. The summed E-state index contributed by atoms with van der Waals surface area (Å²) >= 11 is 0. The third kappa shape index (κ3) is 2.08. The van der Waals surface area contributed by atoms with Gasteiger partial charge >= 0.3 is 0 Å². The number of carbonyl (C=O) groups excluding carboxylic acids is 1. The number of hydrogen-bond acceptors (Lipinski definition) is 3. The van der Waals surface area contributed by atoms with Crippen LogP contribution in [0.2, 0.25) is 0 Å². The van der Waals surface area contributed by atoms with Crippen molar-refractivity contribution in [3.05, 3.63) is 59.9 Å². The highest BCUT2D eigenvalue weighted by Gasteiger charge is 2.35. The monoisotopic (exact) mass is 268 g/mol. The van der Waals surface area contributed by atoms with Gasteiger partial charge in [-0.1, -0.05) is 24.3 Å². The molecule has 0 spiro atoms. The van der Waals surface area contributed by atoms with Crippen LogP contribution in [0, 0.1) is 0 Å². The van der Waals surface area contributed by atoms with Crippen molar-refractivity contribution in [3.63, 3.8) is 0 Å². The number of anilines is 1. The van der Waals surface area contributed by atoms with Gasteiger partial charge < -0.3 is 10.0 Å². The average molecular weight is 268 g/mol. The fraction of sp³-hybridized carbons (Fsp3) is 0.250. The molecule has 2 heterocycles. The van der Waals surface area contributed by atoms with Crippen molar-refractivity contribution < 1.29 is 9.90 Å². The maximum Gasteiger partial charge on any atom is 0.276 e. The Morgan fingerprint density at radius 2 is 2.00 bits per heavy atom. The van der Waals surface area contributed by atoms with Crippen molar-refractivity contribution in [1.82, 2.24) is 4.98 Å². The lowest BCUT2D eigenvalue weighted by Crippen LogP contribution is -2.42. The largest absolute Gasteiger partial charge is 0.385 e. The van der Waals surface area contributed by atoms with Gasteiger partial charge in [0.1, 0.15) is 5.69 Å². The molecule has 1 aromatic carbocycles. The Morgan fingerprint density at radius 1 is 1.25 bits per heavy atom. The number of aliphatic hydroxyl groups is 1. The summed E-state index contributed by atoms with van der Waals surface area (Å²) in [6.45, 7) is 2.27. The molecular weight excluding hydrogens is 252 g/mol. The zero-order chi connectivity index (χ0) is 14.2. The number of rotatable bonds is 1. The number of pyridine rings is 1. The highest BCUT2D eigenvalue weighted by atomic mass is 16.3. The maximum atomic E-state index is 12.6. The normalized spacial score (nSPS) is 21.4. The van der Waals surface area contributed by atoms with Gasteiger partial charge in [-0.3, -0.25) is 9.78 Å². The van der Waals surface area contributed by atoms with Crippen LogP contribution in [0.4, 0.5) is 5.69 Å². The molecule has 0 aliphatic carbocycles. The highest BCUT2D eigenvalue weighted by Crippen LogP contribution is 2.38. The zero-order valence-corrected chi connectivity index (χ0v) is 11.3. The lowest BCUT2D eigenvalue weighted by Gasteiger charge is -2.37. The quantitative estimate of drug-likeness (QED) is 0.863. The van der Waals surface area contributed by atoms with Crippen LogP contribution in [-0.2, 0) is 5.60 Å². The molecule has 0 radical (unpaired) electrons. The second-order valence-corrected chi connectivity index (χ2v) is 5.21. The number of para-hydroxylation sites is 1. The molecule has 4 heteroatoms. The topological polar surface area (TPSA) is 53.4 Å². The number of hydrogen-bond donors (Lipinski definition) is 1. The number of aromatic nitrogens is 1. The Kier molecular flexibility index (Phi) is 3.03. The predicted octanol–water partition coefficient (Wildman–Crippen LogP) is 2.34. The summed E-state index contributed by atoms with van der Waals surface area (Å²) in [7, 11) is 0. The summed E-state index contributed by atoms with van der Waals surface area (Å²) in [5, 5.41) is 10.4. The first-order valence-corrected chi connectivity index (χ1v) is 6.64. The van der Waals surface area contributed by atoms with Crippen LogP contribution in [0.15, 0.2) is 48.7 Å². The van der Waals surface area contributed by atoms with E-state index in [2.05, 4.69) is 4.98 Å². The molecule has 1 amide bonds. The Labute approximate surface area is 117 Å². The fourth-order valence-electron chi connectivity index (χ4n) is 2.59. The third-order valence-electron chi connectivity index (χ3n) is 3.73. The van der Waals surface area contributed by atoms with Crippen molar-refractivity contribution in [2.24, 2.45) is 0 Å². The first-order chi connectivity index (χ1) is 9.59.